The van der Waals surface area contributed by atoms with E-state index in [1.807, 2.05) is 57.3 Å². The summed E-state index contributed by atoms with van der Waals surface area (Å²) in [6, 6.07) is 5.29. The number of rotatable bonds is 8. The van der Waals surface area contributed by atoms with Gasteiger partial charge in [0.05, 0.1) is 20.3 Å². The molecule has 0 fully saturated rings. The summed E-state index contributed by atoms with van der Waals surface area (Å²) < 4.78 is 9.01. The Balaban J connectivity index is 2.24. The number of phenols is 1. The summed E-state index contributed by atoms with van der Waals surface area (Å²) in [5, 5.41) is 22.0. The Morgan fingerprint density at radius 3 is 2.00 bits per heavy atom. The summed E-state index contributed by atoms with van der Waals surface area (Å²) in [5.74, 6) is -0.259. The maximum absolute atomic E-state index is 12.2. The Morgan fingerprint density at radius 1 is 1.03 bits per heavy atom. The summed E-state index contributed by atoms with van der Waals surface area (Å²) in [7, 11) is 0. The Kier molecular flexibility index (Phi) is 10.3. The number of ether oxygens (including phenoxy) is 1. The second-order valence-corrected chi connectivity index (χ2v) is 11.7. The average Bonchev–Trinajstić information content (AvgIpc) is 2.67. The van der Waals surface area contributed by atoms with Crippen LogP contribution < -0.4 is 15.8 Å². The van der Waals surface area contributed by atoms with Gasteiger partial charge in [0, 0.05) is 6.42 Å². The summed E-state index contributed by atoms with van der Waals surface area (Å²) in [6.45, 7) is 3.61. The second-order valence-electron chi connectivity index (χ2n) is 7.10. The number of aliphatic carboxylic acids is 1. The normalized spacial score (nSPS) is 13.0. The fraction of sp³-hybridized carbons (Fsp3) is 0.300. The molecular formula is C20H20I4N2O5. The fourth-order valence-corrected chi connectivity index (χ4v) is 6.38. The first-order valence-corrected chi connectivity index (χ1v) is 13.3. The first kappa shape index (κ1) is 27.1. The molecule has 2 aromatic carbocycles. The third kappa shape index (κ3) is 7.43. The number of hydrogen-bond acceptors (Lipinski definition) is 5. The minimum absolute atomic E-state index is 0.0983. The molecule has 1 amide bonds. The van der Waals surface area contributed by atoms with Gasteiger partial charge in [-0.05, 0) is 126 Å². The number of carboxylic acid groups (broad SMARTS) is 1. The molecule has 0 unspecified atom stereocenters. The molecule has 0 saturated heterocycles. The highest BCUT2D eigenvalue weighted by Crippen LogP contribution is 2.37. The third-order valence-corrected chi connectivity index (χ3v) is 7.59. The van der Waals surface area contributed by atoms with Crippen LogP contribution in [-0.2, 0) is 16.0 Å². The van der Waals surface area contributed by atoms with Crippen molar-refractivity contribution < 1.29 is 24.5 Å². The van der Waals surface area contributed by atoms with Crippen LogP contribution in [0.5, 0.6) is 17.2 Å². The third-order valence-electron chi connectivity index (χ3n) is 4.34. The van der Waals surface area contributed by atoms with Crippen LogP contribution in [0.4, 0.5) is 0 Å². The van der Waals surface area contributed by atoms with Gasteiger partial charge in [0.2, 0.25) is 5.91 Å². The number of carbonyl (C=O) groups excluding carboxylic acids is 1. The number of hydrogen-bond donors (Lipinski definition) is 4. The standard InChI is InChI=1S/C20H20I4N2O5/c1-8(2)16(25)19(28)26-15(20(29)30)5-9-3-13(23)18(14(24)4-9)31-10-6-11(21)17(27)12(22)7-10/h3-4,6-8,15-16,27H,5,25H2,1-2H3,(H,26,28)(H,29,30)/t15-,16-/m0/s1. The van der Waals surface area contributed by atoms with E-state index in [0.29, 0.717) is 18.6 Å². The molecule has 0 saturated carbocycles. The van der Waals surface area contributed by atoms with Crippen molar-refractivity contribution in [3.05, 3.63) is 44.1 Å². The number of halogens is 4. The SMILES string of the molecule is CC(C)[C@H](N)C(=O)N[C@@H](Cc1cc(I)c(Oc2cc(I)c(O)c(I)c2)c(I)c1)C(=O)O. The molecule has 2 aromatic rings. The number of benzene rings is 2. The van der Waals surface area contributed by atoms with Crippen LogP contribution in [0.3, 0.4) is 0 Å². The smallest absolute Gasteiger partial charge is 0.326 e. The molecule has 0 spiro atoms. The number of phenolic OH excluding ortho intramolecular Hbond substituents is 1. The van der Waals surface area contributed by atoms with Crippen molar-refractivity contribution in [3.8, 4) is 17.2 Å². The molecule has 7 nitrogen and oxygen atoms in total. The minimum Gasteiger partial charge on any atom is -0.506 e. The van der Waals surface area contributed by atoms with Crippen LogP contribution in [0.25, 0.3) is 0 Å². The van der Waals surface area contributed by atoms with E-state index in [2.05, 4.69) is 50.5 Å². The van der Waals surface area contributed by atoms with Gasteiger partial charge in [-0.15, -0.1) is 0 Å². The molecule has 0 bridgehead atoms. The van der Waals surface area contributed by atoms with Crippen molar-refractivity contribution in [2.75, 3.05) is 0 Å². The highest BCUT2D eigenvalue weighted by molar-refractivity contribution is 14.1. The zero-order valence-electron chi connectivity index (χ0n) is 16.5. The van der Waals surface area contributed by atoms with Crippen LogP contribution in [0.2, 0.25) is 0 Å². The van der Waals surface area contributed by atoms with Gasteiger partial charge < -0.3 is 26.0 Å². The zero-order chi connectivity index (χ0) is 23.5. The van der Waals surface area contributed by atoms with Crippen molar-refractivity contribution in [3.63, 3.8) is 0 Å². The lowest BCUT2D eigenvalue weighted by atomic mass is 10.0. The van der Waals surface area contributed by atoms with Gasteiger partial charge in [-0.25, -0.2) is 4.79 Å². The number of amides is 1. The maximum atomic E-state index is 12.2. The van der Waals surface area contributed by atoms with Crippen LogP contribution in [0.15, 0.2) is 24.3 Å². The Hall–Kier alpha value is -0.140. The molecule has 0 aliphatic carbocycles. The second kappa shape index (κ2) is 11.8. The Labute approximate surface area is 234 Å². The number of aromatic hydroxyl groups is 1. The highest BCUT2D eigenvalue weighted by atomic mass is 127. The molecule has 2 rings (SSSR count). The molecule has 0 radical (unpaired) electrons. The van der Waals surface area contributed by atoms with Crippen LogP contribution in [-0.4, -0.2) is 34.2 Å². The topological polar surface area (TPSA) is 122 Å². The molecule has 0 heterocycles. The van der Waals surface area contributed by atoms with Crippen LogP contribution in [0.1, 0.15) is 19.4 Å². The van der Waals surface area contributed by atoms with Crippen molar-refractivity contribution >= 4 is 102 Å². The summed E-state index contributed by atoms with van der Waals surface area (Å²) in [5.41, 5.74) is 6.58. The Bertz CT molecular complexity index is 954. The van der Waals surface area contributed by atoms with E-state index in [0.717, 1.165) is 12.7 Å². The van der Waals surface area contributed by atoms with Gasteiger partial charge in [0.15, 0.2) is 5.75 Å². The molecule has 5 N–H and O–H groups in total. The molecule has 2 atom stereocenters. The number of carboxylic acids is 1. The molecular weight excluding hydrogens is 856 g/mol. The van der Waals surface area contributed by atoms with Gasteiger partial charge in [0.1, 0.15) is 17.5 Å². The van der Waals surface area contributed by atoms with Crippen LogP contribution >= 0.6 is 90.4 Å². The lowest BCUT2D eigenvalue weighted by molar-refractivity contribution is -0.142. The van der Waals surface area contributed by atoms with E-state index in [1.54, 1.807) is 26.0 Å². The minimum atomic E-state index is -1.12. The Morgan fingerprint density at radius 2 is 1.55 bits per heavy atom. The molecule has 31 heavy (non-hydrogen) atoms. The summed E-state index contributed by atoms with van der Waals surface area (Å²) in [4.78, 5) is 23.9. The zero-order valence-corrected chi connectivity index (χ0v) is 25.1. The fourth-order valence-electron chi connectivity index (χ4n) is 2.55. The van der Waals surface area contributed by atoms with Crippen molar-refractivity contribution in [1.82, 2.24) is 5.32 Å². The molecule has 0 aromatic heterocycles. The quantitative estimate of drug-likeness (QED) is 0.286. The van der Waals surface area contributed by atoms with E-state index >= 15 is 0 Å². The van der Waals surface area contributed by atoms with E-state index in [9.17, 15) is 19.8 Å². The summed E-state index contributed by atoms with van der Waals surface area (Å²) >= 11 is 8.35. The van der Waals surface area contributed by atoms with E-state index in [4.69, 9.17) is 10.5 Å². The molecule has 0 aliphatic rings. The predicted octanol–water partition coefficient (Wildman–Crippen LogP) is 4.70. The molecule has 11 heteroatoms. The number of nitrogens with two attached hydrogens (primary N) is 1. The van der Waals surface area contributed by atoms with Gasteiger partial charge >= 0.3 is 5.97 Å². The van der Waals surface area contributed by atoms with Gasteiger partial charge in [-0.3, -0.25) is 4.79 Å². The first-order valence-electron chi connectivity index (χ1n) is 9.03. The maximum Gasteiger partial charge on any atom is 0.326 e. The van der Waals surface area contributed by atoms with Gasteiger partial charge in [0.25, 0.3) is 0 Å². The number of carbonyl (C=O) groups is 2. The van der Waals surface area contributed by atoms with Crippen molar-refractivity contribution in [2.24, 2.45) is 11.7 Å². The first-order chi connectivity index (χ1) is 14.4. The predicted molar refractivity (Wildman–Crippen MR) is 152 cm³/mol. The van der Waals surface area contributed by atoms with E-state index in [-0.39, 0.29) is 18.1 Å². The summed E-state index contributed by atoms with van der Waals surface area (Å²) in [6.07, 6.45) is 0.118. The van der Waals surface area contributed by atoms with E-state index < -0.39 is 24.0 Å². The van der Waals surface area contributed by atoms with Crippen molar-refractivity contribution in [1.29, 1.82) is 0 Å². The largest absolute Gasteiger partial charge is 0.506 e. The number of nitrogens with one attached hydrogen (secondary N) is 1. The van der Waals surface area contributed by atoms with Gasteiger partial charge in [-0.1, -0.05) is 13.8 Å². The lowest BCUT2D eigenvalue weighted by Gasteiger charge is -2.20. The van der Waals surface area contributed by atoms with Crippen LogP contribution in [0, 0.1) is 20.2 Å². The molecule has 0 aliphatic heterocycles. The monoisotopic (exact) mass is 876 g/mol. The molecule has 168 valence electrons. The average molecular weight is 876 g/mol. The van der Waals surface area contributed by atoms with Crippen molar-refractivity contribution in [2.45, 2.75) is 32.4 Å². The van der Waals surface area contributed by atoms with E-state index in [1.165, 1.54) is 0 Å². The highest BCUT2D eigenvalue weighted by Gasteiger charge is 2.25. The lowest BCUT2D eigenvalue weighted by Crippen LogP contribution is -2.51. The van der Waals surface area contributed by atoms with Gasteiger partial charge in [-0.2, -0.15) is 0 Å².